The summed E-state index contributed by atoms with van der Waals surface area (Å²) in [6.45, 7) is 0.799. The fourth-order valence-corrected chi connectivity index (χ4v) is 3.33. The van der Waals surface area contributed by atoms with Gasteiger partial charge in [0.2, 0.25) is 0 Å². The second kappa shape index (κ2) is 9.36. The van der Waals surface area contributed by atoms with Crippen LogP contribution in [-0.2, 0) is 13.2 Å². The predicted molar refractivity (Wildman–Crippen MR) is 123 cm³/mol. The second-order valence-electron chi connectivity index (χ2n) is 6.52. The van der Waals surface area contributed by atoms with E-state index in [9.17, 15) is 4.79 Å². The van der Waals surface area contributed by atoms with Crippen molar-refractivity contribution in [1.82, 2.24) is 9.78 Å². The van der Waals surface area contributed by atoms with E-state index in [1.54, 1.807) is 29.2 Å². The van der Waals surface area contributed by atoms with Gasteiger partial charge in [-0.05, 0) is 76.7 Å². The average Bonchev–Trinajstić information content (AvgIpc) is 3.37. The Morgan fingerprint density at radius 3 is 2.77 bits per heavy atom. The van der Waals surface area contributed by atoms with Gasteiger partial charge in [0.1, 0.15) is 18.1 Å². The van der Waals surface area contributed by atoms with Gasteiger partial charge in [-0.1, -0.05) is 23.7 Å². The summed E-state index contributed by atoms with van der Waals surface area (Å²) in [6, 6.07) is 18.6. The molecule has 0 unspecified atom stereocenters. The van der Waals surface area contributed by atoms with Crippen LogP contribution in [0.2, 0.25) is 5.02 Å². The number of rotatable bonds is 7. The van der Waals surface area contributed by atoms with Crippen molar-refractivity contribution in [3.8, 4) is 5.75 Å². The van der Waals surface area contributed by atoms with Crippen LogP contribution in [0.1, 0.15) is 21.9 Å². The molecule has 8 heteroatoms. The summed E-state index contributed by atoms with van der Waals surface area (Å²) in [7, 11) is 0. The third kappa shape index (κ3) is 5.43. The normalized spacial score (nSPS) is 10.7. The summed E-state index contributed by atoms with van der Waals surface area (Å²) in [5.41, 5.74) is 1.66. The molecule has 6 nitrogen and oxygen atoms in total. The lowest BCUT2D eigenvalue weighted by Gasteiger charge is -2.07. The monoisotopic (exact) mass is 533 g/mol. The Morgan fingerprint density at radius 2 is 2.00 bits per heavy atom. The Labute approximate surface area is 191 Å². The molecule has 0 aliphatic rings. The molecule has 0 fully saturated rings. The minimum Gasteiger partial charge on any atom is -0.486 e. The fraction of sp³-hybridized carbons (Fsp3) is 0.0909. The van der Waals surface area contributed by atoms with Crippen molar-refractivity contribution < 1.29 is 13.9 Å². The van der Waals surface area contributed by atoms with Crippen LogP contribution in [0.25, 0.3) is 0 Å². The molecule has 2 aromatic carbocycles. The van der Waals surface area contributed by atoms with Crippen molar-refractivity contribution in [3.05, 3.63) is 98.7 Å². The van der Waals surface area contributed by atoms with E-state index in [4.69, 9.17) is 20.8 Å². The summed E-state index contributed by atoms with van der Waals surface area (Å²) in [4.78, 5) is 12.5. The molecule has 2 heterocycles. The summed E-state index contributed by atoms with van der Waals surface area (Å²) in [5.74, 6) is 1.21. The van der Waals surface area contributed by atoms with Crippen LogP contribution in [0.3, 0.4) is 0 Å². The number of furan rings is 1. The van der Waals surface area contributed by atoms with E-state index >= 15 is 0 Å². The summed E-state index contributed by atoms with van der Waals surface area (Å²) in [6.07, 6.45) is 3.33. The van der Waals surface area contributed by atoms with Gasteiger partial charge >= 0.3 is 0 Å². The zero-order valence-electron chi connectivity index (χ0n) is 15.7. The van der Waals surface area contributed by atoms with E-state index in [2.05, 4.69) is 33.0 Å². The predicted octanol–water partition coefficient (Wildman–Crippen LogP) is 5.61. The molecule has 4 aromatic rings. The van der Waals surface area contributed by atoms with Crippen LogP contribution in [0.4, 0.5) is 5.69 Å². The molecular weight excluding hydrogens is 517 g/mol. The van der Waals surface area contributed by atoms with E-state index in [-0.39, 0.29) is 18.3 Å². The molecule has 0 atom stereocenters. The second-order valence-corrected chi connectivity index (χ2v) is 8.20. The Morgan fingerprint density at radius 1 is 1.17 bits per heavy atom. The lowest BCUT2D eigenvalue weighted by Crippen LogP contribution is -2.11. The molecule has 2 aromatic heterocycles. The number of hydrogen-bond donors (Lipinski definition) is 1. The number of ether oxygens (including phenoxy) is 1. The summed E-state index contributed by atoms with van der Waals surface area (Å²) < 4.78 is 14.2. The number of carbonyl (C=O) groups is 1. The van der Waals surface area contributed by atoms with Crippen LogP contribution in [-0.4, -0.2) is 15.7 Å². The van der Waals surface area contributed by atoms with E-state index < -0.39 is 0 Å². The largest absolute Gasteiger partial charge is 0.486 e. The molecule has 1 N–H and O–H groups in total. The van der Waals surface area contributed by atoms with Crippen molar-refractivity contribution >= 4 is 45.8 Å². The van der Waals surface area contributed by atoms with Crippen LogP contribution < -0.4 is 10.1 Å². The number of hydrogen-bond acceptors (Lipinski definition) is 4. The number of nitrogens with one attached hydrogen (secondary N) is 1. The Balaban J connectivity index is 1.36. The lowest BCUT2D eigenvalue weighted by atomic mass is 10.2. The number of carbonyl (C=O) groups excluding carboxylic acids is 1. The zero-order chi connectivity index (χ0) is 20.9. The van der Waals surface area contributed by atoms with Crippen LogP contribution in [0.15, 0.2) is 77.5 Å². The Hall–Kier alpha value is -2.78. The Kier molecular flexibility index (Phi) is 6.39. The summed E-state index contributed by atoms with van der Waals surface area (Å²) >= 11 is 8.14. The molecule has 4 rings (SSSR count). The van der Waals surface area contributed by atoms with Crippen LogP contribution in [0.5, 0.6) is 5.75 Å². The first-order valence-corrected chi connectivity index (χ1v) is 10.6. The van der Waals surface area contributed by atoms with Crippen LogP contribution >= 0.6 is 34.2 Å². The Bertz CT molecular complexity index is 1150. The highest BCUT2D eigenvalue weighted by Crippen LogP contribution is 2.18. The van der Waals surface area contributed by atoms with E-state index in [1.165, 1.54) is 0 Å². The minimum atomic E-state index is -0.324. The molecule has 0 bridgehead atoms. The van der Waals surface area contributed by atoms with Gasteiger partial charge in [0, 0.05) is 15.5 Å². The van der Waals surface area contributed by atoms with E-state index in [0.29, 0.717) is 23.0 Å². The van der Waals surface area contributed by atoms with E-state index in [0.717, 1.165) is 14.9 Å². The number of aromatic nitrogens is 2. The van der Waals surface area contributed by atoms with Crippen molar-refractivity contribution in [3.63, 3.8) is 0 Å². The van der Waals surface area contributed by atoms with Gasteiger partial charge < -0.3 is 14.5 Å². The van der Waals surface area contributed by atoms with Crippen molar-refractivity contribution in [1.29, 1.82) is 0 Å². The van der Waals surface area contributed by atoms with Crippen molar-refractivity contribution in [2.24, 2.45) is 0 Å². The molecule has 0 radical (unpaired) electrons. The van der Waals surface area contributed by atoms with Gasteiger partial charge in [-0.25, -0.2) is 0 Å². The molecule has 0 spiro atoms. The smallest absolute Gasteiger partial charge is 0.291 e. The number of benzene rings is 2. The molecular formula is C22H17ClIN3O3. The standard InChI is InChI=1S/C22H17ClIN3O3/c23-16-11-25-27(13-16)12-15-2-1-3-18(10-15)26-22(28)21-9-8-20(30-21)14-29-19-6-4-17(24)5-7-19/h1-11,13H,12,14H2,(H,26,28). The number of anilines is 1. The first kappa shape index (κ1) is 20.5. The van der Waals surface area contributed by atoms with Gasteiger partial charge in [0.25, 0.3) is 5.91 Å². The molecule has 0 saturated carbocycles. The minimum absolute atomic E-state index is 0.223. The maximum absolute atomic E-state index is 12.5. The number of amides is 1. The highest BCUT2D eigenvalue weighted by molar-refractivity contribution is 14.1. The topological polar surface area (TPSA) is 69.3 Å². The third-order valence-electron chi connectivity index (χ3n) is 4.21. The zero-order valence-corrected chi connectivity index (χ0v) is 18.6. The molecule has 0 saturated heterocycles. The first-order chi connectivity index (χ1) is 14.5. The molecule has 152 valence electrons. The van der Waals surface area contributed by atoms with Crippen LogP contribution in [0, 0.1) is 3.57 Å². The molecule has 0 aliphatic heterocycles. The highest BCUT2D eigenvalue weighted by Gasteiger charge is 2.12. The lowest BCUT2D eigenvalue weighted by molar-refractivity contribution is 0.0992. The SMILES string of the molecule is O=C(Nc1cccc(Cn2cc(Cl)cn2)c1)c1ccc(COc2ccc(I)cc2)o1. The van der Waals surface area contributed by atoms with E-state index in [1.807, 2.05) is 48.5 Å². The summed E-state index contributed by atoms with van der Waals surface area (Å²) in [5, 5.41) is 7.60. The third-order valence-corrected chi connectivity index (χ3v) is 5.13. The highest BCUT2D eigenvalue weighted by atomic mass is 127. The molecule has 30 heavy (non-hydrogen) atoms. The van der Waals surface area contributed by atoms with Gasteiger partial charge in [-0.2, -0.15) is 5.10 Å². The number of halogens is 2. The molecule has 1 amide bonds. The maximum atomic E-state index is 12.5. The maximum Gasteiger partial charge on any atom is 0.291 e. The first-order valence-electron chi connectivity index (χ1n) is 9.10. The van der Waals surface area contributed by atoms with Gasteiger partial charge in [-0.3, -0.25) is 9.48 Å². The van der Waals surface area contributed by atoms with Gasteiger partial charge in [0.05, 0.1) is 17.8 Å². The van der Waals surface area contributed by atoms with Gasteiger partial charge in [-0.15, -0.1) is 0 Å². The number of nitrogens with zero attached hydrogens (tertiary/aromatic N) is 2. The molecule has 0 aliphatic carbocycles. The average molecular weight is 534 g/mol. The van der Waals surface area contributed by atoms with Gasteiger partial charge in [0.15, 0.2) is 5.76 Å². The van der Waals surface area contributed by atoms with Crippen molar-refractivity contribution in [2.75, 3.05) is 5.32 Å². The quantitative estimate of drug-likeness (QED) is 0.313. The van der Waals surface area contributed by atoms with Crippen molar-refractivity contribution in [2.45, 2.75) is 13.2 Å². The fourth-order valence-electron chi connectivity index (χ4n) is 2.81.